The third kappa shape index (κ3) is 2.84. The highest BCUT2D eigenvalue weighted by atomic mass is 32.2. The predicted octanol–water partition coefficient (Wildman–Crippen LogP) is 2.22. The van der Waals surface area contributed by atoms with Crippen molar-refractivity contribution in [1.82, 2.24) is 4.72 Å². The standard InChI is InChI=1S/C13H19NO3S/c1-10-7-8-13(12(9-10)17-2)18(15,16)14-11-5-3-4-6-11/h7-9,11,14H,3-6H2,1-2H3. The molecule has 0 atom stereocenters. The van der Waals surface area contributed by atoms with Gasteiger partial charge in [-0.1, -0.05) is 18.9 Å². The van der Waals surface area contributed by atoms with Gasteiger partial charge in [-0.15, -0.1) is 0 Å². The van der Waals surface area contributed by atoms with E-state index in [1.54, 1.807) is 18.2 Å². The van der Waals surface area contributed by atoms with Crippen LogP contribution in [0.2, 0.25) is 0 Å². The summed E-state index contributed by atoms with van der Waals surface area (Å²) in [4.78, 5) is 0.225. The van der Waals surface area contributed by atoms with Gasteiger partial charge in [0.25, 0.3) is 0 Å². The van der Waals surface area contributed by atoms with Gasteiger partial charge in [-0.3, -0.25) is 0 Å². The van der Waals surface area contributed by atoms with E-state index in [-0.39, 0.29) is 10.9 Å². The number of sulfonamides is 1. The predicted molar refractivity (Wildman–Crippen MR) is 70.3 cm³/mol. The second kappa shape index (κ2) is 5.28. The van der Waals surface area contributed by atoms with Crippen LogP contribution < -0.4 is 9.46 Å². The highest BCUT2D eigenvalue weighted by molar-refractivity contribution is 7.89. The summed E-state index contributed by atoms with van der Waals surface area (Å²) in [7, 11) is -1.99. The molecule has 18 heavy (non-hydrogen) atoms. The number of benzene rings is 1. The highest BCUT2D eigenvalue weighted by Crippen LogP contribution is 2.26. The lowest BCUT2D eigenvalue weighted by Crippen LogP contribution is -2.32. The van der Waals surface area contributed by atoms with Gasteiger partial charge in [-0.2, -0.15) is 0 Å². The molecule has 0 aromatic heterocycles. The average Bonchev–Trinajstić information content (AvgIpc) is 2.80. The minimum Gasteiger partial charge on any atom is -0.495 e. The fraction of sp³-hybridized carbons (Fsp3) is 0.538. The van der Waals surface area contributed by atoms with Crippen LogP contribution in [-0.4, -0.2) is 21.6 Å². The summed E-state index contributed by atoms with van der Waals surface area (Å²) in [5, 5.41) is 0. The maximum Gasteiger partial charge on any atom is 0.244 e. The first-order chi connectivity index (χ1) is 8.53. The van der Waals surface area contributed by atoms with E-state index in [0.29, 0.717) is 5.75 Å². The van der Waals surface area contributed by atoms with Crippen molar-refractivity contribution in [1.29, 1.82) is 0 Å². The second-order valence-corrected chi connectivity index (χ2v) is 6.44. The van der Waals surface area contributed by atoms with E-state index in [1.807, 2.05) is 6.92 Å². The van der Waals surface area contributed by atoms with Crippen molar-refractivity contribution in [2.45, 2.75) is 43.5 Å². The summed E-state index contributed by atoms with van der Waals surface area (Å²) in [6.07, 6.45) is 4.04. The van der Waals surface area contributed by atoms with Gasteiger partial charge < -0.3 is 4.74 Å². The molecule has 1 aromatic rings. The molecule has 4 nitrogen and oxygen atoms in total. The Bertz CT molecular complexity index is 519. The summed E-state index contributed by atoms with van der Waals surface area (Å²) in [6, 6.07) is 5.20. The van der Waals surface area contributed by atoms with Gasteiger partial charge in [0.2, 0.25) is 10.0 Å². The van der Waals surface area contributed by atoms with Gasteiger partial charge in [0.1, 0.15) is 10.6 Å². The van der Waals surface area contributed by atoms with E-state index in [2.05, 4.69) is 4.72 Å². The van der Waals surface area contributed by atoms with Gasteiger partial charge >= 0.3 is 0 Å². The van der Waals surface area contributed by atoms with Gasteiger partial charge in [0.05, 0.1) is 7.11 Å². The number of methoxy groups -OCH3 is 1. The van der Waals surface area contributed by atoms with E-state index in [0.717, 1.165) is 31.2 Å². The Kier molecular flexibility index (Phi) is 3.92. The molecule has 1 aliphatic rings. The van der Waals surface area contributed by atoms with Crippen molar-refractivity contribution in [3.8, 4) is 5.75 Å². The monoisotopic (exact) mass is 269 g/mol. The number of hydrogen-bond acceptors (Lipinski definition) is 3. The molecule has 1 saturated carbocycles. The number of aryl methyl sites for hydroxylation is 1. The number of ether oxygens (including phenoxy) is 1. The van der Waals surface area contributed by atoms with Crippen molar-refractivity contribution >= 4 is 10.0 Å². The normalized spacial score (nSPS) is 17.0. The Balaban J connectivity index is 2.28. The molecule has 1 N–H and O–H groups in total. The van der Waals surface area contributed by atoms with Crippen molar-refractivity contribution in [2.75, 3.05) is 7.11 Å². The number of hydrogen-bond donors (Lipinski definition) is 1. The number of nitrogens with one attached hydrogen (secondary N) is 1. The molecule has 1 fully saturated rings. The Morgan fingerprint density at radius 1 is 1.28 bits per heavy atom. The Hall–Kier alpha value is -1.07. The molecule has 100 valence electrons. The van der Waals surface area contributed by atoms with Crippen molar-refractivity contribution < 1.29 is 13.2 Å². The average molecular weight is 269 g/mol. The van der Waals surface area contributed by atoms with E-state index in [1.165, 1.54) is 7.11 Å². The fourth-order valence-corrected chi connectivity index (χ4v) is 3.78. The van der Waals surface area contributed by atoms with E-state index < -0.39 is 10.0 Å². The highest BCUT2D eigenvalue weighted by Gasteiger charge is 2.25. The van der Waals surface area contributed by atoms with Crippen LogP contribution in [0.4, 0.5) is 0 Å². The van der Waals surface area contributed by atoms with Gasteiger partial charge in [0, 0.05) is 6.04 Å². The second-order valence-electron chi connectivity index (χ2n) is 4.76. The molecule has 0 aliphatic heterocycles. The Morgan fingerprint density at radius 2 is 1.94 bits per heavy atom. The van der Waals surface area contributed by atoms with E-state index in [9.17, 15) is 8.42 Å². The zero-order valence-electron chi connectivity index (χ0n) is 10.8. The molecule has 0 saturated heterocycles. The third-order valence-corrected chi connectivity index (χ3v) is 4.85. The molecule has 0 heterocycles. The first-order valence-electron chi connectivity index (χ1n) is 6.20. The maximum atomic E-state index is 12.3. The smallest absolute Gasteiger partial charge is 0.244 e. The molecular weight excluding hydrogens is 250 g/mol. The Labute approximate surface area is 108 Å². The van der Waals surface area contributed by atoms with Crippen LogP contribution in [0.1, 0.15) is 31.2 Å². The maximum absolute atomic E-state index is 12.3. The van der Waals surface area contributed by atoms with Crippen molar-refractivity contribution in [3.63, 3.8) is 0 Å². The minimum absolute atomic E-state index is 0.0704. The van der Waals surface area contributed by atoms with Crippen LogP contribution in [0, 0.1) is 6.92 Å². The van der Waals surface area contributed by atoms with E-state index >= 15 is 0 Å². The molecule has 5 heteroatoms. The molecule has 1 aliphatic carbocycles. The van der Waals surface area contributed by atoms with Crippen molar-refractivity contribution in [3.05, 3.63) is 23.8 Å². The molecule has 0 spiro atoms. The summed E-state index contributed by atoms with van der Waals surface area (Å²) < 4.78 is 32.5. The van der Waals surface area contributed by atoms with E-state index in [4.69, 9.17) is 4.74 Å². The quantitative estimate of drug-likeness (QED) is 0.912. The summed E-state index contributed by atoms with van der Waals surface area (Å²) in [6.45, 7) is 1.91. The zero-order valence-corrected chi connectivity index (χ0v) is 11.6. The zero-order chi connectivity index (χ0) is 13.2. The number of rotatable bonds is 4. The molecule has 1 aromatic carbocycles. The third-order valence-electron chi connectivity index (χ3n) is 3.29. The SMILES string of the molecule is COc1cc(C)ccc1S(=O)(=O)NC1CCCC1. The van der Waals surface area contributed by atoms with Gasteiger partial charge in [0.15, 0.2) is 0 Å². The Morgan fingerprint density at radius 3 is 2.56 bits per heavy atom. The molecule has 0 unspecified atom stereocenters. The summed E-state index contributed by atoms with van der Waals surface area (Å²) in [5.41, 5.74) is 0.978. The molecule has 0 bridgehead atoms. The summed E-state index contributed by atoms with van der Waals surface area (Å²) in [5.74, 6) is 0.403. The lowest BCUT2D eigenvalue weighted by Gasteiger charge is -2.15. The van der Waals surface area contributed by atoms with Crippen LogP contribution >= 0.6 is 0 Å². The summed E-state index contributed by atoms with van der Waals surface area (Å²) >= 11 is 0. The van der Waals surface area contributed by atoms with Gasteiger partial charge in [-0.05, 0) is 37.5 Å². The van der Waals surface area contributed by atoms with Crippen LogP contribution in [0.3, 0.4) is 0 Å². The van der Waals surface area contributed by atoms with Crippen molar-refractivity contribution in [2.24, 2.45) is 0 Å². The first-order valence-corrected chi connectivity index (χ1v) is 7.68. The van der Waals surface area contributed by atoms with Crippen LogP contribution in [-0.2, 0) is 10.0 Å². The lowest BCUT2D eigenvalue weighted by atomic mass is 10.2. The topological polar surface area (TPSA) is 55.4 Å². The van der Waals surface area contributed by atoms with Crippen LogP contribution in [0.15, 0.2) is 23.1 Å². The van der Waals surface area contributed by atoms with Gasteiger partial charge in [-0.25, -0.2) is 13.1 Å². The molecular formula is C13H19NO3S. The minimum atomic E-state index is -3.48. The largest absolute Gasteiger partial charge is 0.495 e. The fourth-order valence-electron chi connectivity index (χ4n) is 2.32. The molecule has 0 radical (unpaired) electrons. The van der Waals surface area contributed by atoms with Crippen LogP contribution in [0.5, 0.6) is 5.75 Å². The lowest BCUT2D eigenvalue weighted by molar-refractivity contribution is 0.401. The molecule has 2 rings (SSSR count). The first kappa shape index (κ1) is 13.4. The molecule has 0 amide bonds. The van der Waals surface area contributed by atoms with Crippen LogP contribution in [0.25, 0.3) is 0 Å².